The number of methoxy groups -OCH3 is 1. The van der Waals surface area contributed by atoms with Crippen LogP contribution in [0.1, 0.15) is 0 Å². The van der Waals surface area contributed by atoms with E-state index in [1.807, 2.05) is 0 Å². The number of carbonyl (C=O) groups is 1. The van der Waals surface area contributed by atoms with Gasteiger partial charge in [0, 0.05) is 0 Å². The second kappa shape index (κ2) is 6.60. The number of carbonyl (C=O) groups excluding carboxylic acids is 1. The second-order valence-electron chi connectivity index (χ2n) is 3.37. The third-order valence-electron chi connectivity index (χ3n) is 1.80. The topological polar surface area (TPSA) is 96.0 Å². The summed E-state index contributed by atoms with van der Waals surface area (Å²) in [5.74, 6) is -2.72. The van der Waals surface area contributed by atoms with Crippen LogP contribution in [0.3, 0.4) is 0 Å². The van der Waals surface area contributed by atoms with E-state index in [1.165, 1.54) is 12.1 Å². The first-order valence-electron chi connectivity index (χ1n) is 4.99. The number of esters is 1. The van der Waals surface area contributed by atoms with Gasteiger partial charge in [-0.25, -0.2) is 8.98 Å². The van der Waals surface area contributed by atoms with Crippen molar-refractivity contribution >= 4 is 24.1 Å². The predicted molar refractivity (Wildman–Crippen MR) is 66.4 cm³/mol. The van der Waals surface area contributed by atoms with Crippen LogP contribution in [0, 0.1) is 0 Å². The molecule has 0 N–H and O–H groups in total. The molecule has 0 spiro atoms. The van der Waals surface area contributed by atoms with Gasteiger partial charge in [0.2, 0.25) is 0 Å². The van der Waals surface area contributed by atoms with Crippen LogP contribution in [0.5, 0.6) is 5.75 Å². The lowest BCUT2D eigenvalue weighted by atomic mass is 10.3. The zero-order valence-corrected chi connectivity index (χ0v) is 11.9. The Morgan fingerprint density at radius 2 is 1.84 bits per heavy atom. The molecule has 0 aliphatic heterocycles. The fourth-order valence-electron chi connectivity index (χ4n) is 1.06. The monoisotopic (exact) mass is 307 g/mol. The molecule has 7 nitrogen and oxygen atoms in total. The lowest BCUT2D eigenvalue weighted by Gasteiger charge is -2.04. The standard InChI is InChI=1S/C10H12O7PS/c1-15-9(11)10(17-19(2,13)14)18(12)16-8-6-4-3-5-7-8/h3-7,10H,1-2H3/q+1. The van der Waals surface area contributed by atoms with E-state index in [0.29, 0.717) is 0 Å². The minimum atomic E-state index is -3.98. The Balaban J connectivity index is 2.86. The molecule has 9 heteroatoms. The molecular weight excluding hydrogens is 295 g/mol. The highest BCUT2D eigenvalue weighted by Gasteiger charge is 2.46. The Labute approximate surface area is 111 Å². The van der Waals surface area contributed by atoms with Crippen LogP contribution >= 0.6 is 8.03 Å². The van der Waals surface area contributed by atoms with Crippen molar-refractivity contribution in [3.05, 3.63) is 30.3 Å². The molecule has 0 aliphatic rings. The summed E-state index contributed by atoms with van der Waals surface area (Å²) in [6.07, 6.45) is 0.731. The van der Waals surface area contributed by atoms with Gasteiger partial charge in [-0.15, -0.1) is 0 Å². The molecule has 0 aliphatic carbocycles. The fourth-order valence-corrected chi connectivity index (χ4v) is 2.92. The van der Waals surface area contributed by atoms with Crippen LogP contribution in [0.15, 0.2) is 30.3 Å². The molecule has 1 aromatic rings. The van der Waals surface area contributed by atoms with Gasteiger partial charge in [0.25, 0.3) is 10.1 Å². The molecule has 0 saturated heterocycles. The first kappa shape index (κ1) is 15.6. The summed E-state index contributed by atoms with van der Waals surface area (Å²) in [6, 6.07) is 7.97. The van der Waals surface area contributed by atoms with Gasteiger partial charge in [-0.05, 0) is 16.7 Å². The van der Waals surface area contributed by atoms with Gasteiger partial charge in [0.1, 0.15) is 0 Å². The number of benzene rings is 1. The zero-order chi connectivity index (χ0) is 14.5. The highest BCUT2D eigenvalue weighted by molar-refractivity contribution is 7.86. The second-order valence-corrected chi connectivity index (χ2v) is 6.19. The van der Waals surface area contributed by atoms with Crippen molar-refractivity contribution in [2.75, 3.05) is 13.4 Å². The van der Waals surface area contributed by atoms with Crippen molar-refractivity contribution in [3.8, 4) is 5.75 Å². The highest BCUT2D eigenvalue weighted by atomic mass is 32.2. The SMILES string of the molecule is COC(=O)C(OS(C)(=O)=O)[P+](=O)Oc1ccccc1. The highest BCUT2D eigenvalue weighted by Crippen LogP contribution is 2.34. The van der Waals surface area contributed by atoms with Crippen molar-refractivity contribution in [1.82, 2.24) is 0 Å². The summed E-state index contributed by atoms with van der Waals surface area (Å²) in [4.78, 5) is 11.3. The number of ether oxygens (including phenoxy) is 1. The quantitative estimate of drug-likeness (QED) is 0.444. The molecule has 0 bridgehead atoms. The van der Waals surface area contributed by atoms with Crippen LogP contribution in [-0.4, -0.2) is 33.6 Å². The molecule has 0 fully saturated rings. The van der Waals surface area contributed by atoms with Crippen molar-refractivity contribution in [2.24, 2.45) is 0 Å². The first-order valence-corrected chi connectivity index (χ1v) is 8.05. The van der Waals surface area contributed by atoms with Gasteiger partial charge in [-0.1, -0.05) is 18.2 Å². The summed E-state index contributed by atoms with van der Waals surface area (Å²) in [5, 5.41) is 0. The summed E-state index contributed by atoms with van der Waals surface area (Å²) < 4.78 is 47.5. The van der Waals surface area contributed by atoms with Crippen LogP contribution in [0.2, 0.25) is 0 Å². The molecule has 0 saturated carbocycles. The van der Waals surface area contributed by atoms with E-state index in [4.69, 9.17) is 4.52 Å². The number of hydrogen-bond acceptors (Lipinski definition) is 7. The van der Waals surface area contributed by atoms with Crippen LogP contribution < -0.4 is 4.52 Å². The Bertz CT molecular complexity index is 555. The molecule has 0 radical (unpaired) electrons. The molecule has 0 amide bonds. The maximum Gasteiger partial charge on any atom is 0.602 e. The minimum Gasteiger partial charge on any atom is -0.464 e. The molecule has 0 heterocycles. The average Bonchev–Trinajstić information content (AvgIpc) is 2.35. The fraction of sp³-hybridized carbons (Fsp3) is 0.300. The van der Waals surface area contributed by atoms with Crippen LogP contribution in [-0.2, 0) is 28.4 Å². The van der Waals surface area contributed by atoms with Gasteiger partial charge >= 0.3 is 19.8 Å². The third kappa shape index (κ3) is 5.34. The molecule has 1 rings (SSSR count). The lowest BCUT2D eigenvalue weighted by Crippen LogP contribution is -2.26. The number of hydrogen-bond donors (Lipinski definition) is 0. The molecule has 0 aromatic heterocycles. The molecule has 19 heavy (non-hydrogen) atoms. The molecule has 104 valence electrons. The molecule has 2 atom stereocenters. The van der Waals surface area contributed by atoms with Gasteiger partial charge in [-0.3, -0.25) is 4.52 Å². The Morgan fingerprint density at radius 1 is 1.26 bits per heavy atom. The zero-order valence-electron chi connectivity index (χ0n) is 10.2. The minimum absolute atomic E-state index is 0.217. The summed E-state index contributed by atoms with van der Waals surface area (Å²) in [6.45, 7) is 0. The lowest BCUT2D eigenvalue weighted by molar-refractivity contribution is -0.144. The molecule has 1 aromatic carbocycles. The number of para-hydroxylation sites is 1. The van der Waals surface area contributed by atoms with E-state index < -0.39 is 30.0 Å². The van der Waals surface area contributed by atoms with E-state index in [2.05, 4.69) is 8.92 Å². The van der Waals surface area contributed by atoms with E-state index in [1.54, 1.807) is 18.2 Å². The summed E-state index contributed by atoms with van der Waals surface area (Å²) in [5.41, 5.74) is 0. The van der Waals surface area contributed by atoms with Crippen molar-refractivity contribution in [2.45, 2.75) is 5.85 Å². The third-order valence-corrected chi connectivity index (χ3v) is 3.57. The van der Waals surface area contributed by atoms with Gasteiger partial charge in [-0.2, -0.15) is 8.42 Å². The summed E-state index contributed by atoms with van der Waals surface area (Å²) >= 11 is 0. The maximum atomic E-state index is 11.8. The van der Waals surface area contributed by atoms with Gasteiger partial charge < -0.3 is 4.74 Å². The first-order chi connectivity index (χ1) is 8.83. The van der Waals surface area contributed by atoms with Crippen LogP contribution in [0.4, 0.5) is 0 Å². The predicted octanol–water partition coefficient (Wildman–Crippen LogP) is 1.28. The Kier molecular flexibility index (Phi) is 5.41. The van der Waals surface area contributed by atoms with Crippen molar-refractivity contribution in [3.63, 3.8) is 0 Å². The maximum absolute atomic E-state index is 11.8. The van der Waals surface area contributed by atoms with Crippen molar-refractivity contribution in [1.29, 1.82) is 0 Å². The normalized spacial score (nSPS) is 13.5. The van der Waals surface area contributed by atoms with E-state index in [-0.39, 0.29) is 5.75 Å². The van der Waals surface area contributed by atoms with Crippen molar-refractivity contribution < 1.29 is 31.2 Å². The molecule has 2 unspecified atom stereocenters. The Morgan fingerprint density at radius 3 is 2.32 bits per heavy atom. The van der Waals surface area contributed by atoms with Gasteiger partial charge in [0.15, 0.2) is 5.75 Å². The van der Waals surface area contributed by atoms with E-state index >= 15 is 0 Å². The van der Waals surface area contributed by atoms with E-state index in [0.717, 1.165) is 13.4 Å². The van der Waals surface area contributed by atoms with Gasteiger partial charge in [0.05, 0.1) is 13.4 Å². The number of rotatable bonds is 6. The Hall–Kier alpha value is -1.50. The smallest absolute Gasteiger partial charge is 0.464 e. The van der Waals surface area contributed by atoms with Crippen LogP contribution in [0.25, 0.3) is 0 Å². The largest absolute Gasteiger partial charge is 0.602 e. The summed E-state index contributed by atoms with van der Waals surface area (Å²) in [7, 11) is -5.72. The van der Waals surface area contributed by atoms with E-state index in [9.17, 15) is 17.8 Å². The average molecular weight is 307 g/mol. The molecular formula is C10H12O7PS+.